The smallest absolute Gasteiger partial charge is 0.341 e. The Morgan fingerprint density at radius 3 is 2.38 bits per heavy atom. The van der Waals surface area contributed by atoms with Crippen molar-refractivity contribution in [3.8, 4) is 0 Å². The van der Waals surface area contributed by atoms with Crippen molar-refractivity contribution in [1.82, 2.24) is 0 Å². The average Bonchev–Trinajstić information content (AvgIpc) is 2.87. The van der Waals surface area contributed by atoms with Crippen LogP contribution in [0.25, 0.3) is 0 Å². The Morgan fingerprint density at radius 1 is 1.04 bits per heavy atom. The lowest BCUT2D eigenvalue weighted by atomic mass is 10.1. The van der Waals surface area contributed by atoms with Gasteiger partial charge in [-0.1, -0.05) is 18.2 Å². The van der Waals surface area contributed by atoms with Gasteiger partial charge >= 0.3 is 11.9 Å². The van der Waals surface area contributed by atoms with Gasteiger partial charge in [0.05, 0.1) is 17.7 Å². The number of rotatable bonds is 6. The van der Waals surface area contributed by atoms with Crippen LogP contribution in [0.1, 0.15) is 43.6 Å². The first-order chi connectivity index (χ1) is 12.3. The minimum absolute atomic E-state index is 0.245. The summed E-state index contributed by atoms with van der Waals surface area (Å²) >= 11 is 1.28. The van der Waals surface area contributed by atoms with Gasteiger partial charge in [0.2, 0.25) is 0 Å². The number of nitrogens with one attached hydrogen (secondary N) is 1. The van der Waals surface area contributed by atoms with E-state index in [9.17, 15) is 14.4 Å². The molecule has 0 unspecified atom stereocenters. The van der Waals surface area contributed by atoms with Crippen LogP contribution >= 0.6 is 11.3 Å². The molecule has 0 radical (unpaired) electrons. The van der Waals surface area contributed by atoms with Crippen molar-refractivity contribution < 1.29 is 23.9 Å². The standard InChI is InChI=1S/C19H21NO5S/c1-5-24-19(23)16-12(3)13(4)26-17(16)20-15(21)10-25-18(22)14-9-7-6-8-11(14)2/h6-9H,5,10H2,1-4H3,(H,20,21). The Kier molecular flexibility index (Phi) is 6.52. The van der Waals surface area contributed by atoms with Crippen molar-refractivity contribution in [3.05, 3.63) is 51.4 Å². The van der Waals surface area contributed by atoms with Crippen LogP contribution in [0.3, 0.4) is 0 Å². The summed E-state index contributed by atoms with van der Waals surface area (Å²) in [6, 6.07) is 6.98. The second-order valence-corrected chi connectivity index (χ2v) is 6.87. The van der Waals surface area contributed by atoms with Crippen molar-refractivity contribution in [2.45, 2.75) is 27.7 Å². The number of carbonyl (C=O) groups is 3. The molecule has 1 aromatic heterocycles. The molecule has 1 amide bonds. The van der Waals surface area contributed by atoms with Gasteiger partial charge in [-0.05, 0) is 44.9 Å². The van der Waals surface area contributed by atoms with Gasteiger partial charge in [0.25, 0.3) is 5.91 Å². The summed E-state index contributed by atoms with van der Waals surface area (Å²) < 4.78 is 10.1. The van der Waals surface area contributed by atoms with Gasteiger partial charge in [-0.3, -0.25) is 4.79 Å². The largest absolute Gasteiger partial charge is 0.462 e. The van der Waals surface area contributed by atoms with E-state index in [0.717, 1.165) is 16.0 Å². The maximum absolute atomic E-state index is 12.2. The first kappa shape index (κ1) is 19.7. The monoisotopic (exact) mass is 375 g/mol. The second-order valence-electron chi connectivity index (χ2n) is 5.65. The highest BCUT2D eigenvalue weighted by Gasteiger charge is 2.22. The molecule has 0 aliphatic rings. The molecule has 0 saturated carbocycles. The van der Waals surface area contributed by atoms with Crippen LogP contribution in [-0.2, 0) is 14.3 Å². The van der Waals surface area contributed by atoms with E-state index in [0.29, 0.717) is 16.1 Å². The van der Waals surface area contributed by atoms with Crippen LogP contribution in [-0.4, -0.2) is 31.1 Å². The lowest BCUT2D eigenvalue weighted by Gasteiger charge is -2.09. The first-order valence-electron chi connectivity index (χ1n) is 8.14. The molecule has 26 heavy (non-hydrogen) atoms. The summed E-state index contributed by atoms with van der Waals surface area (Å²) in [5.74, 6) is -1.57. The van der Waals surface area contributed by atoms with Gasteiger partial charge in [0.1, 0.15) is 5.00 Å². The summed E-state index contributed by atoms with van der Waals surface area (Å²) in [7, 11) is 0. The fourth-order valence-electron chi connectivity index (χ4n) is 2.34. The normalized spacial score (nSPS) is 10.3. The van der Waals surface area contributed by atoms with E-state index in [-0.39, 0.29) is 6.61 Å². The Bertz CT molecular complexity index is 840. The predicted octanol–water partition coefficient (Wildman–Crippen LogP) is 3.65. The number of aryl methyl sites for hydroxylation is 2. The maximum Gasteiger partial charge on any atom is 0.341 e. The van der Waals surface area contributed by atoms with Crippen molar-refractivity contribution in [1.29, 1.82) is 0 Å². The topological polar surface area (TPSA) is 81.7 Å². The number of anilines is 1. The molecule has 0 aliphatic carbocycles. The fourth-order valence-corrected chi connectivity index (χ4v) is 3.40. The van der Waals surface area contributed by atoms with Gasteiger partial charge in [0, 0.05) is 4.88 Å². The highest BCUT2D eigenvalue weighted by molar-refractivity contribution is 7.16. The van der Waals surface area contributed by atoms with E-state index in [1.807, 2.05) is 13.0 Å². The van der Waals surface area contributed by atoms with Gasteiger partial charge < -0.3 is 14.8 Å². The number of ether oxygens (including phenoxy) is 2. The summed E-state index contributed by atoms with van der Waals surface area (Å²) in [6.45, 7) is 6.97. The Balaban J connectivity index is 2.04. The molecule has 138 valence electrons. The third kappa shape index (κ3) is 4.49. The van der Waals surface area contributed by atoms with E-state index < -0.39 is 24.5 Å². The molecule has 0 bridgehead atoms. The molecule has 0 fully saturated rings. The van der Waals surface area contributed by atoms with Gasteiger partial charge in [-0.25, -0.2) is 9.59 Å². The highest BCUT2D eigenvalue weighted by Crippen LogP contribution is 2.33. The number of carbonyl (C=O) groups excluding carboxylic acids is 3. The molecule has 6 nitrogen and oxygen atoms in total. The van der Waals surface area contributed by atoms with E-state index >= 15 is 0 Å². The summed E-state index contributed by atoms with van der Waals surface area (Å²) in [5, 5.41) is 3.03. The quantitative estimate of drug-likeness (QED) is 0.780. The molecule has 1 aromatic carbocycles. The van der Waals surface area contributed by atoms with Crippen molar-refractivity contribution in [2.24, 2.45) is 0 Å². The maximum atomic E-state index is 12.2. The molecule has 0 saturated heterocycles. The van der Waals surface area contributed by atoms with E-state index in [1.54, 1.807) is 39.0 Å². The fraction of sp³-hybridized carbons (Fsp3) is 0.316. The van der Waals surface area contributed by atoms with Crippen LogP contribution in [0.4, 0.5) is 5.00 Å². The molecule has 1 N–H and O–H groups in total. The van der Waals surface area contributed by atoms with Crippen molar-refractivity contribution in [2.75, 3.05) is 18.5 Å². The van der Waals surface area contributed by atoms with Gasteiger partial charge in [-0.2, -0.15) is 0 Å². The molecule has 1 heterocycles. The number of benzene rings is 1. The first-order valence-corrected chi connectivity index (χ1v) is 8.96. The van der Waals surface area contributed by atoms with Crippen molar-refractivity contribution in [3.63, 3.8) is 0 Å². The van der Waals surface area contributed by atoms with Crippen molar-refractivity contribution >= 4 is 34.2 Å². The number of hydrogen-bond acceptors (Lipinski definition) is 6. The van der Waals surface area contributed by atoms with Gasteiger partial charge in [-0.15, -0.1) is 11.3 Å². The van der Waals surface area contributed by atoms with Crippen LogP contribution in [0.2, 0.25) is 0 Å². The van der Waals surface area contributed by atoms with Crippen LogP contribution < -0.4 is 5.32 Å². The van der Waals surface area contributed by atoms with Crippen LogP contribution in [0, 0.1) is 20.8 Å². The van der Waals surface area contributed by atoms with E-state index in [4.69, 9.17) is 9.47 Å². The lowest BCUT2D eigenvalue weighted by molar-refractivity contribution is -0.119. The second kappa shape index (κ2) is 8.62. The molecule has 0 atom stereocenters. The highest BCUT2D eigenvalue weighted by atomic mass is 32.1. The molecule has 7 heteroatoms. The molecule has 0 spiro atoms. The molecule has 0 aliphatic heterocycles. The zero-order valence-electron chi connectivity index (χ0n) is 15.2. The minimum Gasteiger partial charge on any atom is -0.462 e. The third-order valence-electron chi connectivity index (χ3n) is 3.82. The number of esters is 2. The van der Waals surface area contributed by atoms with Gasteiger partial charge in [0.15, 0.2) is 6.61 Å². The SMILES string of the molecule is CCOC(=O)c1c(NC(=O)COC(=O)c2ccccc2C)sc(C)c1C. The molecular weight excluding hydrogens is 354 g/mol. The van der Waals surface area contributed by atoms with Crippen LogP contribution in [0.15, 0.2) is 24.3 Å². The van der Waals surface area contributed by atoms with Crippen LogP contribution in [0.5, 0.6) is 0 Å². The van der Waals surface area contributed by atoms with E-state index in [1.165, 1.54) is 11.3 Å². The Hall–Kier alpha value is -2.67. The summed E-state index contributed by atoms with van der Waals surface area (Å²) in [4.78, 5) is 37.2. The Morgan fingerprint density at radius 2 is 1.73 bits per heavy atom. The third-order valence-corrected chi connectivity index (χ3v) is 4.94. The summed E-state index contributed by atoms with van der Waals surface area (Å²) in [5.41, 5.74) is 2.29. The number of thiophene rings is 1. The average molecular weight is 375 g/mol. The molecular formula is C19H21NO5S. The number of hydrogen-bond donors (Lipinski definition) is 1. The number of amides is 1. The van der Waals surface area contributed by atoms with E-state index in [2.05, 4.69) is 5.32 Å². The molecule has 2 rings (SSSR count). The lowest BCUT2D eigenvalue weighted by Crippen LogP contribution is -2.22. The summed E-state index contributed by atoms with van der Waals surface area (Å²) in [6.07, 6.45) is 0. The zero-order chi connectivity index (χ0) is 19.3. The Labute approximate surface area is 156 Å². The molecule has 2 aromatic rings. The zero-order valence-corrected chi connectivity index (χ0v) is 16.0. The predicted molar refractivity (Wildman–Crippen MR) is 99.8 cm³/mol. The minimum atomic E-state index is -0.567.